The Morgan fingerprint density at radius 3 is 1.46 bits per heavy atom. The summed E-state index contributed by atoms with van der Waals surface area (Å²) in [4.78, 5) is 0. The average Bonchev–Trinajstić information content (AvgIpc) is 3.16. The summed E-state index contributed by atoms with van der Waals surface area (Å²) < 4.78 is 13.0. The molecular weight excluding hydrogens is 608 g/mol. The van der Waals surface area contributed by atoms with Gasteiger partial charge in [0.05, 0.1) is 0 Å². The highest BCUT2D eigenvalue weighted by Crippen LogP contribution is 2.44. The summed E-state index contributed by atoms with van der Waals surface area (Å²) in [5, 5.41) is 0. The first-order chi connectivity index (χ1) is 24.5. The van der Waals surface area contributed by atoms with Gasteiger partial charge in [0.2, 0.25) is 0 Å². The predicted octanol–water partition coefficient (Wildman–Crippen LogP) is 14.3. The number of benzene rings is 3. The maximum atomic E-state index is 13.0. The number of aryl methyl sites for hydroxylation is 1. The van der Waals surface area contributed by atoms with Crippen LogP contribution in [0.4, 0.5) is 4.39 Å². The predicted molar refractivity (Wildman–Crippen MR) is 213 cm³/mol. The van der Waals surface area contributed by atoms with Gasteiger partial charge in [0, 0.05) is 11.1 Å². The number of halogens is 1. The van der Waals surface area contributed by atoms with Crippen LogP contribution in [0, 0.1) is 47.2 Å². The molecule has 0 spiro atoms. The van der Waals surface area contributed by atoms with Gasteiger partial charge in [-0.25, -0.2) is 4.39 Å². The molecule has 0 aromatic heterocycles. The summed E-state index contributed by atoms with van der Waals surface area (Å²) in [5.74, 6) is 12.1. The van der Waals surface area contributed by atoms with Crippen molar-refractivity contribution in [3.8, 4) is 11.8 Å². The summed E-state index contributed by atoms with van der Waals surface area (Å²) in [6, 6.07) is 24.9. The fourth-order valence-electron chi connectivity index (χ4n) is 9.49. The minimum absolute atomic E-state index is 0.110. The van der Waals surface area contributed by atoms with Gasteiger partial charge in [0.1, 0.15) is 5.82 Å². The molecule has 3 fully saturated rings. The molecular formula is C49H67F. The Kier molecular flexibility index (Phi) is 16.0. The van der Waals surface area contributed by atoms with Crippen LogP contribution in [-0.4, -0.2) is 0 Å². The van der Waals surface area contributed by atoms with Crippen molar-refractivity contribution in [1.29, 1.82) is 0 Å². The summed E-state index contributed by atoms with van der Waals surface area (Å²) >= 11 is 0. The lowest BCUT2D eigenvalue weighted by Crippen LogP contribution is -2.25. The number of hydrogen-bond donors (Lipinski definition) is 0. The van der Waals surface area contributed by atoms with Crippen molar-refractivity contribution in [1.82, 2.24) is 0 Å². The molecule has 0 atom stereocenters. The van der Waals surface area contributed by atoms with E-state index >= 15 is 0 Å². The Labute approximate surface area is 306 Å². The molecule has 1 heteroatoms. The van der Waals surface area contributed by atoms with E-state index in [1.54, 1.807) is 12.1 Å². The fourth-order valence-corrected chi connectivity index (χ4v) is 9.49. The highest BCUT2D eigenvalue weighted by atomic mass is 19.1. The summed E-state index contributed by atoms with van der Waals surface area (Å²) in [6.45, 7) is 6.88. The third-order valence-electron chi connectivity index (χ3n) is 12.6. The zero-order valence-corrected chi connectivity index (χ0v) is 31.9. The average molecular weight is 675 g/mol. The van der Waals surface area contributed by atoms with E-state index in [1.165, 1.54) is 145 Å². The Morgan fingerprint density at radius 2 is 0.960 bits per heavy atom. The molecule has 0 saturated heterocycles. The Bertz CT molecular complexity index is 1400. The second-order valence-electron chi connectivity index (χ2n) is 16.4. The van der Waals surface area contributed by atoms with E-state index in [0.717, 1.165) is 40.7 Å². The molecule has 0 aliphatic heterocycles. The Balaban J connectivity index is 0.000000200. The van der Waals surface area contributed by atoms with Gasteiger partial charge in [-0.3, -0.25) is 0 Å². The van der Waals surface area contributed by atoms with Crippen molar-refractivity contribution in [3.63, 3.8) is 0 Å². The van der Waals surface area contributed by atoms with Crippen LogP contribution >= 0.6 is 0 Å². The molecule has 0 unspecified atom stereocenters. The highest BCUT2D eigenvalue weighted by molar-refractivity contribution is 5.44. The topological polar surface area (TPSA) is 0 Å². The SMILES string of the molecule is CCCC1CCC(C2CCC(c3ccc(F)cc3)CC2)CC1.CCCCc1ccc(C#Cc2ccc(CC3CCC(CCC)CC3)cc2)cc1. The lowest BCUT2D eigenvalue weighted by atomic mass is 9.68. The molecule has 0 N–H and O–H groups in total. The molecule has 50 heavy (non-hydrogen) atoms. The normalized spacial score (nSPS) is 25.1. The van der Waals surface area contributed by atoms with E-state index in [9.17, 15) is 4.39 Å². The van der Waals surface area contributed by atoms with Crippen LogP contribution in [-0.2, 0) is 12.8 Å². The van der Waals surface area contributed by atoms with Crippen molar-refractivity contribution in [2.24, 2.45) is 29.6 Å². The van der Waals surface area contributed by atoms with Crippen LogP contribution in [0.2, 0.25) is 0 Å². The van der Waals surface area contributed by atoms with Gasteiger partial charge >= 0.3 is 0 Å². The fraction of sp³-hybridized carbons (Fsp3) is 0.592. The second kappa shape index (κ2) is 20.9. The van der Waals surface area contributed by atoms with Gasteiger partial charge < -0.3 is 0 Å². The largest absolute Gasteiger partial charge is 0.207 e. The third kappa shape index (κ3) is 12.4. The van der Waals surface area contributed by atoms with Crippen molar-refractivity contribution in [2.45, 2.75) is 155 Å². The van der Waals surface area contributed by atoms with Crippen LogP contribution in [0.1, 0.15) is 170 Å². The van der Waals surface area contributed by atoms with E-state index in [4.69, 9.17) is 0 Å². The highest BCUT2D eigenvalue weighted by Gasteiger charge is 2.31. The number of unbranched alkanes of at least 4 members (excludes halogenated alkanes) is 1. The first-order valence-corrected chi connectivity index (χ1v) is 21.0. The van der Waals surface area contributed by atoms with Gasteiger partial charge in [-0.15, -0.1) is 0 Å². The van der Waals surface area contributed by atoms with Crippen LogP contribution in [0.5, 0.6) is 0 Å². The molecule has 0 radical (unpaired) electrons. The van der Waals surface area contributed by atoms with E-state index in [0.29, 0.717) is 5.92 Å². The van der Waals surface area contributed by atoms with Crippen molar-refractivity contribution in [2.75, 3.05) is 0 Å². The van der Waals surface area contributed by atoms with E-state index in [1.807, 2.05) is 12.1 Å². The Morgan fingerprint density at radius 1 is 0.500 bits per heavy atom. The maximum Gasteiger partial charge on any atom is 0.123 e. The molecule has 0 bridgehead atoms. The van der Waals surface area contributed by atoms with Crippen molar-refractivity contribution >= 4 is 0 Å². The molecule has 6 rings (SSSR count). The summed E-state index contributed by atoms with van der Waals surface area (Å²) in [7, 11) is 0. The first-order valence-electron chi connectivity index (χ1n) is 21.0. The molecule has 3 saturated carbocycles. The van der Waals surface area contributed by atoms with E-state index < -0.39 is 0 Å². The lowest BCUT2D eigenvalue weighted by molar-refractivity contribution is 0.156. The van der Waals surface area contributed by atoms with Gasteiger partial charge in [-0.1, -0.05) is 127 Å². The number of hydrogen-bond acceptors (Lipinski definition) is 0. The number of rotatable bonds is 11. The molecule has 3 aromatic rings. The molecule has 3 aromatic carbocycles. The summed E-state index contributed by atoms with van der Waals surface area (Å²) in [6.07, 6.45) is 27.6. The van der Waals surface area contributed by atoms with Crippen LogP contribution in [0.3, 0.4) is 0 Å². The van der Waals surface area contributed by atoms with Gasteiger partial charge in [-0.05, 0) is 159 Å². The molecule has 270 valence electrons. The van der Waals surface area contributed by atoms with Gasteiger partial charge in [-0.2, -0.15) is 0 Å². The monoisotopic (exact) mass is 675 g/mol. The maximum absolute atomic E-state index is 13.0. The minimum Gasteiger partial charge on any atom is -0.207 e. The summed E-state index contributed by atoms with van der Waals surface area (Å²) in [5.41, 5.74) is 6.47. The Hall–Kier alpha value is -2.85. The molecule has 0 amide bonds. The lowest BCUT2D eigenvalue weighted by Gasteiger charge is -2.38. The zero-order chi connectivity index (χ0) is 35.0. The van der Waals surface area contributed by atoms with E-state index in [2.05, 4.69) is 81.1 Å². The van der Waals surface area contributed by atoms with Gasteiger partial charge in [0.15, 0.2) is 0 Å². The van der Waals surface area contributed by atoms with Crippen LogP contribution in [0.25, 0.3) is 0 Å². The minimum atomic E-state index is -0.110. The van der Waals surface area contributed by atoms with Gasteiger partial charge in [0.25, 0.3) is 0 Å². The van der Waals surface area contributed by atoms with Crippen molar-refractivity contribution in [3.05, 3.63) is 106 Å². The zero-order valence-electron chi connectivity index (χ0n) is 31.9. The first kappa shape index (κ1) is 38.4. The molecule has 3 aliphatic rings. The van der Waals surface area contributed by atoms with Crippen LogP contribution in [0.15, 0.2) is 72.8 Å². The molecule has 3 aliphatic carbocycles. The smallest absolute Gasteiger partial charge is 0.123 e. The van der Waals surface area contributed by atoms with Crippen LogP contribution < -0.4 is 0 Å². The van der Waals surface area contributed by atoms with E-state index in [-0.39, 0.29) is 5.82 Å². The molecule has 0 heterocycles. The quantitative estimate of drug-likeness (QED) is 0.178. The standard InChI is InChI=1S/C28H36.C21H31F/c1-3-5-7-24-8-10-25(11-9-24)12-13-26-16-20-28(21-17-26)22-27-18-14-23(6-4-2)15-19-27;1-2-3-16-4-6-17(7-5-16)18-8-10-19(11-9-18)20-12-14-21(22)15-13-20/h8-11,16-17,20-21,23,27H,3-7,14-15,18-19,22H2,1-2H3;12-19H,2-11H2,1H3. The third-order valence-corrected chi connectivity index (χ3v) is 12.6. The van der Waals surface area contributed by atoms with Crippen molar-refractivity contribution < 1.29 is 4.39 Å². The second-order valence-corrected chi connectivity index (χ2v) is 16.4. The molecule has 0 nitrogen and oxygen atoms in total.